The second-order valence-electron chi connectivity index (χ2n) is 7.45. The third-order valence-electron chi connectivity index (χ3n) is 5.22. The average Bonchev–Trinajstić information content (AvgIpc) is 3.14. The summed E-state index contributed by atoms with van der Waals surface area (Å²) in [5, 5.41) is 10.4. The first kappa shape index (κ1) is 18.3. The molecule has 0 saturated heterocycles. The van der Waals surface area contributed by atoms with Crippen LogP contribution in [0.5, 0.6) is 11.5 Å². The van der Waals surface area contributed by atoms with Crippen molar-refractivity contribution in [2.75, 3.05) is 27.0 Å². The van der Waals surface area contributed by atoms with E-state index in [9.17, 15) is 5.11 Å². The minimum Gasteiger partial charge on any atom is -0.454 e. The number of nitrogens with zero attached hydrogens (tertiary/aromatic N) is 1. The highest BCUT2D eigenvalue weighted by atomic mass is 16.7. The Morgan fingerprint density at radius 1 is 1.19 bits per heavy atom. The number of aryl methyl sites for hydroxylation is 1. The summed E-state index contributed by atoms with van der Waals surface area (Å²) < 4.78 is 16.8. The van der Waals surface area contributed by atoms with Crippen molar-refractivity contribution in [3.05, 3.63) is 59.2 Å². The van der Waals surface area contributed by atoms with Gasteiger partial charge in [-0.1, -0.05) is 30.3 Å². The summed E-state index contributed by atoms with van der Waals surface area (Å²) in [4.78, 5) is 2.10. The first-order valence-corrected chi connectivity index (χ1v) is 9.63. The van der Waals surface area contributed by atoms with Crippen LogP contribution in [0.25, 0.3) is 0 Å². The van der Waals surface area contributed by atoms with Gasteiger partial charge in [0, 0.05) is 13.1 Å². The zero-order valence-electron chi connectivity index (χ0n) is 15.8. The van der Waals surface area contributed by atoms with Gasteiger partial charge < -0.3 is 19.3 Å². The van der Waals surface area contributed by atoms with Gasteiger partial charge in [-0.2, -0.15) is 0 Å². The van der Waals surface area contributed by atoms with E-state index in [0.29, 0.717) is 13.2 Å². The number of fused-ring (bicyclic) bond motifs is 2. The van der Waals surface area contributed by atoms with Crippen LogP contribution >= 0.6 is 0 Å². The van der Waals surface area contributed by atoms with E-state index in [1.807, 2.05) is 25.2 Å². The SMILES string of the molecule is CN(Cc1ccc2c(c1)OCO2)C[C@@H](O)CO[C@@H]1CCCc2ccccc21. The Labute approximate surface area is 160 Å². The predicted octanol–water partition coefficient (Wildman–Crippen LogP) is 3.30. The summed E-state index contributed by atoms with van der Waals surface area (Å²) in [7, 11) is 2.00. The zero-order chi connectivity index (χ0) is 18.6. The molecule has 2 atom stereocenters. The molecule has 0 aromatic heterocycles. The largest absolute Gasteiger partial charge is 0.454 e. The van der Waals surface area contributed by atoms with Crippen LogP contribution in [0, 0.1) is 0 Å². The van der Waals surface area contributed by atoms with Gasteiger partial charge in [0.05, 0.1) is 18.8 Å². The second kappa shape index (κ2) is 8.30. The topological polar surface area (TPSA) is 51.2 Å². The van der Waals surface area contributed by atoms with Crippen molar-refractivity contribution >= 4 is 0 Å². The molecule has 1 aliphatic carbocycles. The lowest BCUT2D eigenvalue weighted by atomic mass is 9.89. The number of hydrogen-bond donors (Lipinski definition) is 1. The Bertz CT molecular complexity index is 779. The maximum atomic E-state index is 10.4. The fourth-order valence-corrected chi connectivity index (χ4v) is 3.94. The van der Waals surface area contributed by atoms with E-state index in [0.717, 1.165) is 42.9 Å². The quantitative estimate of drug-likeness (QED) is 0.812. The Balaban J connectivity index is 1.26. The number of likely N-dealkylation sites (N-methyl/N-ethyl adjacent to an activating group) is 1. The first-order valence-electron chi connectivity index (χ1n) is 9.63. The van der Waals surface area contributed by atoms with Crippen LogP contribution in [0.2, 0.25) is 0 Å². The number of aliphatic hydroxyl groups excluding tert-OH is 1. The molecule has 5 nitrogen and oxygen atoms in total. The maximum Gasteiger partial charge on any atom is 0.231 e. The van der Waals surface area contributed by atoms with Gasteiger partial charge in [-0.15, -0.1) is 0 Å². The van der Waals surface area contributed by atoms with Crippen molar-refractivity contribution in [3.63, 3.8) is 0 Å². The molecule has 0 spiro atoms. The third-order valence-corrected chi connectivity index (χ3v) is 5.22. The molecule has 2 aliphatic rings. The molecule has 27 heavy (non-hydrogen) atoms. The van der Waals surface area contributed by atoms with Crippen molar-refractivity contribution in [2.24, 2.45) is 0 Å². The van der Waals surface area contributed by atoms with Gasteiger partial charge in [-0.3, -0.25) is 4.90 Å². The van der Waals surface area contributed by atoms with Crippen LogP contribution in [0.15, 0.2) is 42.5 Å². The number of ether oxygens (including phenoxy) is 3. The third kappa shape index (κ3) is 4.43. The van der Waals surface area contributed by atoms with Crippen LogP contribution in [0.4, 0.5) is 0 Å². The molecule has 0 unspecified atom stereocenters. The van der Waals surface area contributed by atoms with Crippen LogP contribution in [-0.4, -0.2) is 43.1 Å². The fourth-order valence-electron chi connectivity index (χ4n) is 3.94. The molecule has 2 aromatic carbocycles. The lowest BCUT2D eigenvalue weighted by Crippen LogP contribution is -2.32. The molecular formula is C22H27NO4. The van der Waals surface area contributed by atoms with Crippen LogP contribution in [0.3, 0.4) is 0 Å². The Morgan fingerprint density at radius 3 is 2.96 bits per heavy atom. The minimum absolute atomic E-state index is 0.101. The monoisotopic (exact) mass is 369 g/mol. The number of benzene rings is 2. The molecule has 0 bridgehead atoms. The van der Waals surface area contributed by atoms with Gasteiger partial charge >= 0.3 is 0 Å². The Kier molecular flexibility index (Phi) is 5.62. The highest BCUT2D eigenvalue weighted by Crippen LogP contribution is 2.33. The molecule has 0 amide bonds. The molecule has 5 heteroatoms. The van der Waals surface area contributed by atoms with Crippen LogP contribution in [-0.2, 0) is 17.7 Å². The van der Waals surface area contributed by atoms with Crippen molar-refractivity contribution in [3.8, 4) is 11.5 Å². The second-order valence-corrected chi connectivity index (χ2v) is 7.45. The van der Waals surface area contributed by atoms with E-state index in [-0.39, 0.29) is 12.9 Å². The van der Waals surface area contributed by atoms with Gasteiger partial charge in [-0.05, 0) is 55.1 Å². The Morgan fingerprint density at radius 2 is 2.04 bits per heavy atom. The molecule has 2 aromatic rings. The molecule has 0 fully saturated rings. The van der Waals surface area contributed by atoms with E-state index in [1.165, 1.54) is 11.1 Å². The summed E-state index contributed by atoms with van der Waals surface area (Å²) >= 11 is 0. The number of hydrogen-bond acceptors (Lipinski definition) is 5. The standard InChI is InChI=1S/C22H27NO4/c1-23(12-16-9-10-21-22(11-16)27-15-26-21)13-18(24)14-25-20-8-4-6-17-5-2-3-7-19(17)20/h2-3,5,7,9-11,18,20,24H,4,6,8,12-15H2,1H3/t18-,20-/m1/s1. The van der Waals surface area contributed by atoms with E-state index in [2.05, 4.69) is 29.2 Å². The summed E-state index contributed by atoms with van der Waals surface area (Å²) in [6, 6.07) is 14.5. The molecule has 0 saturated carbocycles. The molecule has 0 radical (unpaired) electrons. The van der Waals surface area contributed by atoms with Crippen molar-refractivity contribution in [1.29, 1.82) is 0 Å². The van der Waals surface area contributed by atoms with Gasteiger partial charge in [0.15, 0.2) is 11.5 Å². The number of rotatable bonds is 7. The average molecular weight is 369 g/mol. The van der Waals surface area contributed by atoms with Crippen LogP contribution < -0.4 is 9.47 Å². The lowest BCUT2D eigenvalue weighted by molar-refractivity contribution is -0.0265. The van der Waals surface area contributed by atoms with Gasteiger partial charge in [0.2, 0.25) is 6.79 Å². The summed E-state index contributed by atoms with van der Waals surface area (Å²) in [5.41, 5.74) is 3.80. The van der Waals surface area contributed by atoms with Crippen molar-refractivity contribution < 1.29 is 19.3 Å². The smallest absolute Gasteiger partial charge is 0.231 e. The van der Waals surface area contributed by atoms with E-state index in [4.69, 9.17) is 14.2 Å². The molecule has 1 N–H and O–H groups in total. The van der Waals surface area contributed by atoms with Gasteiger partial charge in [0.1, 0.15) is 0 Å². The molecule has 4 rings (SSSR count). The molecule has 1 heterocycles. The van der Waals surface area contributed by atoms with Crippen molar-refractivity contribution in [1.82, 2.24) is 4.90 Å². The van der Waals surface area contributed by atoms with E-state index < -0.39 is 6.10 Å². The van der Waals surface area contributed by atoms with E-state index in [1.54, 1.807) is 0 Å². The van der Waals surface area contributed by atoms with Gasteiger partial charge in [-0.25, -0.2) is 0 Å². The molecular weight excluding hydrogens is 342 g/mol. The van der Waals surface area contributed by atoms with E-state index >= 15 is 0 Å². The normalized spacial score (nSPS) is 19.1. The zero-order valence-corrected chi connectivity index (χ0v) is 15.8. The lowest BCUT2D eigenvalue weighted by Gasteiger charge is -2.27. The molecule has 1 aliphatic heterocycles. The first-order chi connectivity index (χ1) is 13.2. The van der Waals surface area contributed by atoms with Crippen molar-refractivity contribution in [2.45, 2.75) is 38.0 Å². The summed E-state index contributed by atoms with van der Waals surface area (Å²) in [5.74, 6) is 1.59. The van der Waals surface area contributed by atoms with Crippen LogP contribution in [0.1, 0.15) is 35.6 Å². The fraction of sp³-hybridized carbons (Fsp3) is 0.455. The number of aliphatic hydroxyl groups is 1. The summed E-state index contributed by atoms with van der Waals surface area (Å²) in [6.45, 7) is 1.93. The predicted molar refractivity (Wildman–Crippen MR) is 103 cm³/mol. The van der Waals surface area contributed by atoms with Gasteiger partial charge in [0.25, 0.3) is 0 Å². The molecule has 144 valence electrons. The Hall–Kier alpha value is -2.08. The maximum absolute atomic E-state index is 10.4. The summed E-state index contributed by atoms with van der Waals surface area (Å²) in [6.07, 6.45) is 2.87. The highest BCUT2D eigenvalue weighted by molar-refractivity contribution is 5.44. The minimum atomic E-state index is -0.516. The highest BCUT2D eigenvalue weighted by Gasteiger charge is 2.21.